The molecule has 0 fully saturated rings. The third-order valence-electron chi connectivity index (χ3n) is 4.34. The Bertz CT molecular complexity index is 1060. The second-order valence-corrected chi connectivity index (χ2v) is 8.93. The van der Waals surface area contributed by atoms with Crippen LogP contribution in [0.15, 0.2) is 52.9 Å². The van der Waals surface area contributed by atoms with Crippen LogP contribution >= 0.6 is 23.1 Å². The van der Waals surface area contributed by atoms with E-state index in [0.717, 1.165) is 6.42 Å². The van der Waals surface area contributed by atoms with Crippen molar-refractivity contribution in [3.05, 3.63) is 59.7 Å². The Morgan fingerprint density at radius 2 is 1.76 bits per heavy atom. The lowest BCUT2D eigenvalue weighted by Gasteiger charge is -2.12. The molecule has 0 atom stereocenters. The number of aromatic nitrogens is 2. The lowest BCUT2D eigenvalue weighted by Crippen LogP contribution is -2.27. The average Bonchev–Trinajstić information content (AvgIpc) is 3.27. The van der Waals surface area contributed by atoms with Crippen LogP contribution in [0, 0.1) is 0 Å². The second-order valence-electron chi connectivity index (χ2n) is 6.73. The van der Waals surface area contributed by atoms with Crippen LogP contribution in [0.5, 0.6) is 11.5 Å². The summed E-state index contributed by atoms with van der Waals surface area (Å²) in [6.07, 6.45) is 0.781. The topological polar surface area (TPSA) is 102 Å². The number of carbonyl (C=O) groups is 2. The SMILES string of the molecule is CCOc1ccc(C(=O)Nc2nnc(SCC(=O)NCCc3ccccc3)s2)cc1OCC. The molecule has 0 aliphatic carbocycles. The summed E-state index contributed by atoms with van der Waals surface area (Å²) in [6.45, 7) is 5.29. The van der Waals surface area contributed by atoms with E-state index in [0.29, 0.717) is 46.3 Å². The fraction of sp³-hybridized carbons (Fsp3) is 0.304. The van der Waals surface area contributed by atoms with E-state index >= 15 is 0 Å². The van der Waals surface area contributed by atoms with Gasteiger partial charge in [0.15, 0.2) is 15.8 Å². The molecule has 174 valence electrons. The van der Waals surface area contributed by atoms with Crippen LogP contribution in [0.1, 0.15) is 29.8 Å². The quantitative estimate of drug-likeness (QED) is 0.294. The number of ether oxygens (including phenoxy) is 2. The first-order valence-corrected chi connectivity index (χ1v) is 12.4. The summed E-state index contributed by atoms with van der Waals surface area (Å²) in [7, 11) is 0. The van der Waals surface area contributed by atoms with Gasteiger partial charge in [-0.3, -0.25) is 14.9 Å². The van der Waals surface area contributed by atoms with Crippen molar-refractivity contribution in [2.45, 2.75) is 24.6 Å². The molecule has 10 heteroatoms. The Kier molecular flexibility index (Phi) is 9.52. The monoisotopic (exact) mass is 486 g/mol. The number of hydrogen-bond donors (Lipinski definition) is 2. The van der Waals surface area contributed by atoms with Gasteiger partial charge in [-0.25, -0.2) is 0 Å². The molecule has 0 aliphatic rings. The van der Waals surface area contributed by atoms with E-state index in [1.165, 1.54) is 28.7 Å². The average molecular weight is 487 g/mol. The van der Waals surface area contributed by atoms with Crippen molar-refractivity contribution in [2.75, 3.05) is 30.8 Å². The third-order valence-corrected chi connectivity index (χ3v) is 6.31. The number of rotatable bonds is 12. The Morgan fingerprint density at radius 3 is 2.52 bits per heavy atom. The van der Waals surface area contributed by atoms with Gasteiger partial charge in [0.25, 0.3) is 5.91 Å². The Balaban J connectivity index is 1.47. The number of hydrogen-bond acceptors (Lipinski definition) is 8. The molecule has 33 heavy (non-hydrogen) atoms. The summed E-state index contributed by atoms with van der Waals surface area (Å²) in [5.41, 5.74) is 1.60. The van der Waals surface area contributed by atoms with Crippen LogP contribution in [0.25, 0.3) is 0 Å². The van der Waals surface area contributed by atoms with Crippen molar-refractivity contribution < 1.29 is 19.1 Å². The number of benzene rings is 2. The third kappa shape index (κ3) is 7.76. The van der Waals surface area contributed by atoms with E-state index in [9.17, 15) is 9.59 Å². The summed E-state index contributed by atoms with van der Waals surface area (Å²) in [4.78, 5) is 24.7. The Morgan fingerprint density at radius 1 is 1.00 bits per heavy atom. The molecule has 0 unspecified atom stereocenters. The fourth-order valence-corrected chi connectivity index (χ4v) is 4.43. The molecule has 3 rings (SSSR count). The highest BCUT2D eigenvalue weighted by molar-refractivity contribution is 8.01. The van der Waals surface area contributed by atoms with Crippen molar-refractivity contribution in [1.29, 1.82) is 0 Å². The molecule has 0 bridgehead atoms. The largest absolute Gasteiger partial charge is 0.490 e. The number of amides is 2. The van der Waals surface area contributed by atoms with Crippen molar-refractivity contribution in [3.8, 4) is 11.5 Å². The molecule has 0 saturated heterocycles. The molecule has 2 aromatic carbocycles. The molecule has 1 heterocycles. The Hall–Kier alpha value is -3.11. The predicted molar refractivity (Wildman–Crippen MR) is 131 cm³/mol. The summed E-state index contributed by atoms with van der Waals surface area (Å²) in [5, 5.41) is 14.0. The van der Waals surface area contributed by atoms with Crippen LogP contribution < -0.4 is 20.1 Å². The summed E-state index contributed by atoms with van der Waals surface area (Å²) < 4.78 is 11.7. The maximum atomic E-state index is 12.6. The molecule has 0 spiro atoms. The second kappa shape index (κ2) is 12.8. The highest BCUT2D eigenvalue weighted by Crippen LogP contribution is 2.30. The standard InChI is InChI=1S/C23H26N4O4S2/c1-3-30-18-11-10-17(14-19(18)31-4-2)21(29)25-22-26-27-23(33-22)32-15-20(28)24-13-12-16-8-6-5-7-9-16/h5-11,14H,3-4,12-13,15H2,1-2H3,(H,24,28)(H,25,26,29). The molecular formula is C23H26N4O4S2. The molecule has 0 radical (unpaired) electrons. The maximum Gasteiger partial charge on any atom is 0.257 e. The fourth-order valence-electron chi connectivity index (χ4n) is 2.85. The van der Waals surface area contributed by atoms with Gasteiger partial charge in [0, 0.05) is 12.1 Å². The van der Waals surface area contributed by atoms with E-state index in [4.69, 9.17) is 9.47 Å². The first-order chi connectivity index (χ1) is 16.1. The molecule has 0 aliphatic heterocycles. The van der Waals surface area contributed by atoms with E-state index in [-0.39, 0.29) is 17.6 Å². The molecule has 3 aromatic rings. The lowest BCUT2D eigenvalue weighted by molar-refractivity contribution is -0.118. The van der Waals surface area contributed by atoms with E-state index in [1.54, 1.807) is 18.2 Å². The van der Waals surface area contributed by atoms with Crippen LogP contribution in [0.3, 0.4) is 0 Å². The van der Waals surface area contributed by atoms with E-state index in [2.05, 4.69) is 20.8 Å². The molecule has 0 saturated carbocycles. The molecule has 1 aromatic heterocycles. The predicted octanol–water partition coefficient (Wildman–Crippen LogP) is 4.04. The number of carbonyl (C=O) groups excluding carboxylic acids is 2. The lowest BCUT2D eigenvalue weighted by atomic mass is 10.1. The maximum absolute atomic E-state index is 12.6. The number of thioether (sulfide) groups is 1. The van der Waals surface area contributed by atoms with Gasteiger partial charge in [-0.05, 0) is 44.0 Å². The molecule has 2 N–H and O–H groups in total. The minimum Gasteiger partial charge on any atom is -0.490 e. The van der Waals surface area contributed by atoms with Crippen molar-refractivity contribution in [2.24, 2.45) is 0 Å². The van der Waals surface area contributed by atoms with Gasteiger partial charge >= 0.3 is 0 Å². The van der Waals surface area contributed by atoms with Crippen molar-refractivity contribution >= 4 is 40.0 Å². The molecular weight excluding hydrogens is 460 g/mol. The summed E-state index contributed by atoms with van der Waals surface area (Å²) in [5.74, 6) is 0.930. The van der Waals surface area contributed by atoms with Gasteiger partial charge in [-0.2, -0.15) is 0 Å². The van der Waals surface area contributed by atoms with Crippen molar-refractivity contribution in [1.82, 2.24) is 15.5 Å². The first-order valence-electron chi connectivity index (χ1n) is 10.6. The zero-order valence-electron chi connectivity index (χ0n) is 18.5. The van der Waals surface area contributed by atoms with Crippen LogP contribution in [0.4, 0.5) is 5.13 Å². The van der Waals surface area contributed by atoms with Gasteiger partial charge in [0.1, 0.15) is 0 Å². The zero-order chi connectivity index (χ0) is 23.5. The van der Waals surface area contributed by atoms with E-state index < -0.39 is 0 Å². The minimum atomic E-state index is -0.328. The smallest absolute Gasteiger partial charge is 0.257 e. The van der Waals surface area contributed by atoms with Crippen LogP contribution in [-0.2, 0) is 11.2 Å². The summed E-state index contributed by atoms with van der Waals surface area (Å²) >= 11 is 2.50. The van der Waals surface area contributed by atoms with Crippen LogP contribution in [-0.4, -0.2) is 47.5 Å². The summed E-state index contributed by atoms with van der Waals surface area (Å²) in [6, 6.07) is 15.0. The zero-order valence-corrected chi connectivity index (χ0v) is 20.1. The van der Waals surface area contributed by atoms with Gasteiger partial charge in [0.05, 0.1) is 19.0 Å². The van der Waals surface area contributed by atoms with Gasteiger partial charge in [-0.1, -0.05) is 53.4 Å². The normalized spacial score (nSPS) is 10.5. The van der Waals surface area contributed by atoms with Gasteiger partial charge in [-0.15, -0.1) is 10.2 Å². The highest BCUT2D eigenvalue weighted by atomic mass is 32.2. The number of nitrogens with one attached hydrogen (secondary N) is 2. The van der Waals surface area contributed by atoms with Crippen LogP contribution in [0.2, 0.25) is 0 Å². The number of nitrogens with zero attached hydrogens (tertiary/aromatic N) is 2. The van der Waals surface area contributed by atoms with Gasteiger partial charge < -0.3 is 14.8 Å². The molecule has 2 amide bonds. The van der Waals surface area contributed by atoms with Gasteiger partial charge in [0.2, 0.25) is 11.0 Å². The van der Waals surface area contributed by atoms with Crippen molar-refractivity contribution in [3.63, 3.8) is 0 Å². The minimum absolute atomic E-state index is 0.0745. The Labute approximate surface area is 201 Å². The number of anilines is 1. The van der Waals surface area contributed by atoms with E-state index in [1.807, 2.05) is 44.2 Å². The highest BCUT2D eigenvalue weighted by Gasteiger charge is 2.14. The first kappa shape index (κ1) is 24.5. The molecule has 8 nitrogen and oxygen atoms in total.